The number of benzene rings is 1. The number of phenolic OH excluding ortho intramolecular Hbond substituents is 1. The SMILES string of the molecule is CCN1CCNCC1c1cc(O)c2c(c1C(F)(F)F)C[C@H]1C[C@H]3[C@H](N(C)C)C(O)=C(C(N)=O)C(=O)[C@@]3(O)C(O)=C1C2=O. The third-order valence-electron chi connectivity index (χ3n) is 9.16. The highest BCUT2D eigenvalue weighted by atomic mass is 19.4. The first-order chi connectivity index (χ1) is 19.6. The fourth-order valence-electron chi connectivity index (χ4n) is 7.38. The molecule has 5 atom stereocenters. The van der Waals surface area contributed by atoms with E-state index in [9.17, 15) is 48.0 Å². The lowest BCUT2D eigenvalue weighted by molar-refractivity contribution is -0.148. The van der Waals surface area contributed by atoms with Crippen molar-refractivity contribution in [2.24, 2.45) is 17.6 Å². The van der Waals surface area contributed by atoms with Crippen LogP contribution in [0.5, 0.6) is 5.75 Å². The summed E-state index contributed by atoms with van der Waals surface area (Å²) in [4.78, 5) is 42.5. The van der Waals surface area contributed by atoms with Gasteiger partial charge in [0.25, 0.3) is 5.91 Å². The molecule has 1 fully saturated rings. The van der Waals surface area contributed by atoms with Crippen LogP contribution >= 0.6 is 0 Å². The maximum atomic E-state index is 14.8. The van der Waals surface area contributed by atoms with Crippen molar-refractivity contribution in [2.45, 2.75) is 43.6 Å². The van der Waals surface area contributed by atoms with Crippen LogP contribution in [0.3, 0.4) is 0 Å². The largest absolute Gasteiger partial charge is 0.510 e. The molecule has 1 aromatic carbocycles. The molecule has 1 saturated heterocycles. The van der Waals surface area contributed by atoms with Gasteiger partial charge in [-0.2, -0.15) is 13.2 Å². The summed E-state index contributed by atoms with van der Waals surface area (Å²) in [6.07, 6.45) is -5.66. The molecule has 7 N–H and O–H groups in total. The molecular weight excluding hydrogens is 561 g/mol. The fraction of sp³-hybridized carbons (Fsp3) is 0.536. The molecule has 3 aliphatic carbocycles. The number of hydrogen-bond donors (Lipinski definition) is 6. The Morgan fingerprint density at radius 3 is 2.48 bits per heavy atom. The summed E-state index contributed by atoms with van der Waals surface area (Å²) in [5.41, 5.74) is -1.36. The number of likely N-dealkylation sites (N-methyl/N-ethyl adjacent to an activating group) is 2. The number of aliphatic hydroxyl groups is 3. The Hall–Kier alpha value is -3.46. The van der Waals surface area contributed by atoms with E-state index in [4.69, 9.17) is 5.73 Å². The zero-order valence-electron chi connectivity index (χ0n) is 23.2. The van der Waals surface area contributed by atoms with Crippen molar-refractivity contribution in [1.29, 1.82) is 0 Å². The lowest BCUT2D eigenvalue weighted by Crippen LogP contribution is -2.63. The number of carbonyl (C=O) groups is 3. The van der Waals surface area contributed by atoms with Gasteiger partial charge in [-0.3, -0.25) is 24.2 Å². The molecule has 0 radical (unpaired) electrons. The lowest BCUT2D eigenvalue weighted by atomic mass is 9.58. The summed E-state index contributed by atoms with van der Waals surface area (Å²) in [7, 11) is 2.94. The van der Waals surface area contributed by atoms with Gasteiger partial charge in [0.1, 0.15) is 22.8 Å². The number of rotatable bonds is 4. The Labute approximate surface area is 239 Å². The molecule has 1 aliphatic heterocycles. The second-order valence-electron chi connectivity index (χ2n) is 11.5. The molecule has 14 heteroatoms. The second kappa shape index (κ2) is 10.1. The Bertz CT molecular complexity index is 1450. The number of aromatic hydroxyl groups is 1. The summed E-state index contributed by atoms with van der Waals surface area (Å²) in [5, 5.41) is 48.0. The van der Waals surface area contributed by atoms with Crippen LogP contribution in [0.25, 0.3) is 0 Å². The number of amides is 1. The van der Waals surface area contributed by atoms with Crippen LogP contribution in [0, 0.1) is 11.8 Å². The van der Waals surface area contributed by atoms with Gasteiger partial charge in [-0.05, 0) is 56.6 Å². The van der Waals surface area contributed by atoms with Crippen LogP contribution < -0.4 is 11.1 Å². The van der Waals surface area contributed by atoms with Crippen LogP contribution in [0.1, 0.15) is 46.4 Å². The van der Waals surface area contributed by atoms with E-state index in [0.29, 0.717) is 19.6 Å². The number of alkyl halides is 3. The Morgan fingerprint density at radius 1 is 1.24 bits per heavy atom. The number of piperazine rings is 1. The number of Topliss-reactive ketones (excluding diaryl/α,β-unsaturated/α-hetero) is 2. The van der Waals surface area contributed by atoms with Gasteiger partial charge in [0, 0.05) is 37.2 Å². The zero-order valence-corrected chi connectivity index (χ0v) is 23.2. The summed E-state index contributed by atoms with van der Waals surface area (Å²) < 4.78 is 44.5. The molecule has 1 unspecified atom stereocenters. The molecule has 5 rings (SSSR count). The average molecular weight is 595 g/mol. The number of allylic oxidation sites excluding steroid dienone is 1. The predicted octanol–water partition coefficient (Wildman–Crippen LogP) is 1.11. The molecular formula is C28H33F3N4O7. The molecule has 0 aromatic heterocycles. The summed E-state index contributed by atoms with van der Waals surface area (Å²) in [6.45, 7) is 3.51. The standard InChI is InChI=1S/C28H33F3N4O7/c1-4-35-6-5-33-10-15(35)12-9-16(36)18-13(20(12)28(29,30)31)7-11-8-14-21(34(2)3)23(38)19(26(32)41)25(40)27(14,42)24(39)17(11)22(18)37/h9,11,14-15,21,33,36,38-39,42H,4-8,10H2,1-3H3,(H2,32,41)/t11-,14-,15?,21-,27-/m0/s1. The van der Waals surface area contributed by atoms with Crippen LogP contribution in [-0.2, 0) is 22.2 Å². The third-order valence-corrected chi connectivity index (χ3v) is 9.16. The van der Waals surface area contributed by atoms with E-state index in [2.05, 4.69) is 5.32 Å². The Kier molecular flexibility index (Phi) is 7.20. The third kappa shape index (κ3) is 4.14. The van der Waals surface area contributed by atoms with Crippen molar-refractivity contribution in [3.8, 4) is 5.75 Å². The van der Waals surface area contributed by atoms with E-state index < -0.39 is 105 Å². The number of nitrogens with two attached hydrogens (primary N) is 1. The van der Waals surface area contributed by atoms with Crippen LogP contribution in [0.2, 0.25) is 0 Å². The van der Waals surface area contributed by atoms with Gasteiger partial charge in [0.15, 0.2) is 11.4 Å². The molecule has 0 bridgehead atoms. The Balaban J connectivity index is 1.74. The summed E-state index contributed by atoms with van der Waals surface area (Å²) in [5.74, 6) is -9.01. The first kappa shape index (κ1) is 30.0. The number of fused-ring (bicyclic) bond motifs is 3. The van der Waals surface area contributed by atoms with Crippen LogP contribution in [0.4, 0.5) is 13.2 Å². The smallest absolute Gasteiger partial charge is 0.417 e. The van der Waals surface area contributed by atoms with E-state index in [0.717, 1.165) is 6.07 Å². The molecule has 228 valence electrons. The highest BCUT2D eigenvalue weighted by Crippen LogP contribution is 2.54. The molecule has 0 saturated carbocycles. The van der Waals surface area contributed by atoms with Crippen molar-refractivity contribution in [2.75, 3.05) is 40.3 Å². The number of hydrogen-bond acceptors (Lipinski definition) is 10. The van der Waals surface area contributed by atoms with Crippen LogP contribution in [-0.4, -0.2) is 99.6 Å². The molecule has 1 amide bonds. The predicted molar refractivity (Wildman–Crippen MR) is 142 cm³/mol. The minimum Gasteiger partial charge on any atom is -0.510 e. The van der Waals surface area contributed by atoms with Gasteiger partial charge in [-0.25, -0.2) is 0 Å². The maximum Gasteiger partial charge on any atom is 0.417 e. The van der Waals surface area contributed by atoms with E-state index in [1.807, 2.05) is 11.8 Å². The quantitative estimate of drug-likeness (QED) is 0.277. The van der Waals surface area contributed by atoms with Crippen LogP contribution in [0.15, 0.2) is 28.7 Å². The molecule has 4 aliphatic rings. The zero-order chi connectivity index (χ0) is 31.0. The topological polar surface area (TPSA) is 177 Å². The van der Waals surface area contributed by atoms with Gasteiger partial charge in [-0.1, -0.05) is 6.92 Å². The average Bonchev–Trinajstić information content (AvgIpc) is 2.89. The monoisotopic (exact) mass is 594 g/mol. The van der Waals surface area contributed by atoms with E-state index >= 15 is 0 Å². The van der Waals surface area contributed by atoms with Crippen molar-refractivity contribution in [1.82, 2.24) is 15.1 Å². The van der Waals surface area contributed by atoms with Gasteiger partial charge >= 0.3 is 6.18 Å². The first-order valence-electron chi connectivity index (χ1n) is 13.6. The first-order valence-corrected chi connectivity index (χ1v) is 13.6. The van der Waals surface area contributed by atoms with Crippen molar-refractivity contribution in [3.05, 3.63) is 51.0 Å². The number of ketones is 2. The minimum absolute atomic E-state index is 0.185. The fourth-order valence-corrected chi connectivity index (χ4v) is 7.38. The van der Waals surface area contributed by atoms with Gasteiger partial charge in [0.2, 0.25) is 5.78 Å². The number of nitrogens with one attached hydrogen (secondary N) is 1. The van der Waals surface area contributed by atoms with Crippen molar-refractivity contribution in [3.63, 3.8) is 0 Å². The molecule has 1 heterocycles. The summed E-state index contributed by atoms with van der Waals surface area (Å²) in [6, 6.07) is -1.06. The van der Waals surface area contributed by atoms with Gasteiger partial charge in [-0.15, -0.1) is 0 Å². The number of carbonyl (C=O) groups excluding carboxylic acids is 3. The summed E-state index contributed by atoms with van der Waals surface area (Å²) >= 11 is 0. The van der Waals surface area contributed by atoms with Gasteiger partial charge < -0.3 is 31.5 Å². The minimum atomic E-state index is -4.91. The molecule has 11 nitrogen and oxygen atoms in total. The second-order valence-corrected chi connectivity index (χ2v) is 11.5. The maximum absolute atomic E-state index is 14.8. The number of nitrogens with zero attached hydrogens (tertiary/aromatic N) is 2. The molecule has 0 spiro atoms. The highest BCUT2D eigenvalue weighted by molar-refractivity contribution is 6.24. The van der Waals surface area contributed by atoms with E-state index in [-0.39, 0.29) is 18.5 Å². The number of halogens is 3. The Morgan fingerprint density at radius 2 is 1.90 bits per heavy atom. The van der Waals surface area contributed by atoms with E-state index in [1.54, 1.807) is 0 Å². The number of primary amides is 1. The van der Waals surface area contributed by atoms with Crippen molar-refractivity contribution < 1.29 is 48.0 Å². The normalized spacial score (nSPS) is 30.4. The number of phenols is 1. The van der Waals surface area contributed by atoms with Gasteiger partial charge in [0.05, 0.1) is 17.2 Å². The molecule has 1 aromatic rings. The highest BCUT2D eigenvalue weighted by Gasteiger charge is 2.63. The lowest BCUT2D eigenvalue weighted by Gasteiger charge is -2.50. The van der Waals surface area contributed by atoms with E-state index in [1.165, 1.54) is 19.0 Å². The molecule has 42 heavy (non-hydrogen) atoms. The number of aliphatic hydroxyl groups excluding tert-OH is 2. The van der Waals surface area contributed by atoms with Crippen molar-refractivity contribution >= 4 is 17.5 Å².